The maximum absolute atomic E-state index is 12.6. The zero-order valence-electron chi connectivity index (χ0n) is 15.6. The summed E-state index contributed by atoms with van der Waals surface area (Å²) in [7, 11) is 0. The summed E-state index contributed by atoms with van der Waals surface area (Å²) < 4.78 is 9.38. The molecule has 0 bridgehead atoms. The second-order valence-corrected chi connectivity index (χ2v) is 6.66. The molecule has 1 fully saturated rings. The van der Waals surface area contributed by atoms with E-state index in [-0.39, 0.29) is 5.78 Å². The van der Waals surface area contributed by atoms with Crippen LogP contribution in [0.15, 0.2) is 71.7 Å². The van der Waals surface area contributed by atoms with Crippen LogP contribution < -0.4 is 10.6 Å². The largest absolute Gasteiger partial charge is 0.490 e. The average molecular weight is 389 g/mol. The van der Waals surface area contributed by atoms with Gasteiger partial charge in [0.1, 0.15) is 23.8 Å². The summed E-state index contributed by atoms with van der Waals surface area (Å²) >= 11 is 0. The number of ether oxygens (including phenoxy) is 1. The predicted molar refractivity (Wildman–Crippen MR) is 108 cm³/mol. The van der Waals surface area contributed by atoms with E-state index in [9.17, 15) is 4.79 Å². The lowest BCUT2D eigenvalue weighted by atomic mass is 10.1. The molecule has 9 heteroatoms. The lowest BCUT2D eigenvalue weighted by Gasteiger charge is -2.23. The van der Waals surface area contributed by atoms with E-state index < -0.39 is 0 Å². The van der Waals surface area contributed by atoms with Gasteiger partial charge in [-0.2, -0.15) is 0 Å². The van der Waals surface area contributed by atoms with Crippen LogP contribution in [0.2, 0.25) is 0 Å². The highest BCUT2D eigenvalue weighted by molar-refractivity contribution is 6.49. The van der Waals surface area contributed by atoms with Gasteiger partial charge in [-0.25, -0.2) is 14.5 Å². The second-order valence-electron chi connectivity index (χ2n) is 6.66. The number of carbonyl (C=O) groups is 1. The number of anilines is 1. The molecule has 0 spiro atoms. The Labute approximate surface area is 166 Å². The molecule has 5 rings (SSSR count). The van der Waals surface area contributed by atoms with Gasteiger partial charge >= 0.3 is 0 Å². The smallest absolute Gasteiger partial charge is 0.206 e. The number of pyridine rings is 1. The second kappa shape index (κ2) is 7.27. The number of allylic oxidation sites excluding steroid dienone is 2. The monoisotopic (exact) mass is 389 g/mol. The fourth-order valence-electron chi connectivity index (χ4n) is 3.30. The molecule has 3 aromatic rings. The summed E-state index contributed by atoms with van der Waals surface area (Å²) in [5, 5.41) is 11.1. The third kappa shape index (κ3) is 3.38. The van der Waals surface area contributed by atoms with Crippen molar-refractivity contribution in [2.24, 2.45) is 4.99 Å². The highest BCUT2D eigenvalue weighted by Crippen LogP contribution is 2.31. The molecule has 1 saturated heterocycles. The summed E-state index contributed by atoms with van der Waals surface area (Å²) in [4.78, 5) is 21.3. The van der Waals surface area contributed by atoms with Crippen LogP contribution in [0, 0.1) is 0 Å². The quantitative estimate of drug-likeness (QED) is 0.645. The Balaban J connectivity index is 1.48. The third-order valence-corrected chi connectivity index (χ3v) is 4.70. The molecule has 2 N–H and O–H groups in total. The molecule has 0 unspecified atom stereocenters. The Hall–Kier alpha value is -3.88. The maximum Gasteiger partial charge on any atom is 0.206 e. The number of fused-ring (bicyclic) bond motifs is 2. The van der Waals surface area contributed by atoms with Crippen LogP contribution in [0.25, 0.3) is 5.52 Å². The Morgan fingerprint density at radius 3 is 3.14 bits per heavy atom. The summed E-state index contributed by atoms with van der Waals surface area (Å²) in [5.74, 6) is 1.09. The van der Waals surface area contributed by atoms with Gasteiger partial charge in [0.05, 0.1) is 17.5 Å². The summed E-state index contributed by atoms with van der Waals surface area (Å²) in [6, 6.07) is 5.74. The van der Waals surface area contributed by atoms with Crippen LogP contribution in [0.1, 0.15) is 0 Å². The van der Waals surface area contributed by atoms with Gasteiger partial charge in [-0.05, 0) is 12.1 Å². The number of morpholine rings is 1. The van der Waals surface area contributed by atoms with Crippen LogP contribution in [-0.4, -0.2) is 50.4 Å². The third-order valence-electron chi connectivity index (χ3n) is 4.70. The minimum Gasteiger partial charge on any atom is -0.490 e. The molecule has 1 aliphatic carbocycles. The van der Waals surface area contributed by atoms with E-state index in [2.05, 4.69) is 25.7 Å². The van der Waals surface area contributed by atoms with Gasteiger partial charge in [0.2, 0.25) is 5.78 Å². The van der Waals surface area contributed by atoms with Crippen LogP contribution in [-0.2, 0) is 16.1 Å². The molecule has 3 aromatic heterocycles. The Bertz CT molecular complexity index is 1150. The van der Waals surface area contributed by atoms with E-state index in [1.54, 1.807) is 23.1 Å². The number of hydrogen-bond donors (Lipinski definition) is 2. The first-order valence-electron chi connectivity index (χ1n) is 9.38. The fourth-order valence-corrected chi connectivity index (χ4v) is 3.30. The van der Waals surface area contributed by atoms with Crippen molar-refractivity contribution in [1.82, 2.24) is 24.5 Å². The van der Waals surface area contributed by atoms with Crippen molar-refractivity contribution in [3.63, 3.8) is 0 Å². The molecule has 0 amide bonds. The maximum atomic E-state index is 12.6. The van der Waals surface area contributed by atoms with Gasteiger partial charge in [0.25, 0.3) is 0 Å². The Morgan fingerprint density at radius 2 is 2.24 bits per heavy atom. The van der Waals surface area contributed by atoms with E-state index in [0.717, 1.165) is 12.1 Å². The SMILES string of the molecule is O=C1C=C2NCCOC2=CC1=Nc1c(NCCn2ccnc2)nn2ccccc12. The topological polar surface area (TPSA) is 97.8 Å². The molecule has 0 radical (unpaired) electrons. The van der Waals surface area contributed by atoms with Gasteiger partial charge in [0, 0.05) is 50.4 Å². The van der Waals surface area contributed by atoms with E-state index in [1.165, 1.54) is 6.08 Å². The molecule has 1 aliphatic heterocycles. The number of aliphatic imine (C=N–C) groups is 1. The van der Waals surface area contributed by atoms with Gasteiger partial charge in [-0.3, -0.25) is 4.79 Å². The number of hydrogen-bond acceptors (Lipinski definition) is 7. The number of nitrogens with one attached hydrogen (secondary N) is 2. The fraction of sp³-hybridized carbons (Fsp3) is 0.200. The van der Waals surface area contributed by atoms with Crippen LogP contribution in [0.5, 0.6) is 0 Å². The molecule has 9 nitrogen and oxygen atoms in total. The highest BCUT2D eigenvalue weighted by atomic mass is 16.5. The van der Waals surface area contributed by atoms with Crippen molar-refractivity contribution in [1.29, 1.82) is 0 Å². The molecule has 146 valence electrons. The predicted octanol–water partition coefficient (Wildman–Crippen LogP) is 1.69. The first kappa shape index (κ1) is 17.2. The minimum atomic E-state index is -0.165. The molecule has 0 atom stereocenters. The zero-order valence-corrected chi connectivity index (χ0v) is 15.6. The molecule has 4 heterocycles. The number of nitrogens with zero attached hydrogens (tertiary/aromatic N) is 5. The Morgan fingerprint density at radius 1 is 1.28 bits per heavy atom. The first-order valence-corrected chi connectivity index (χ1v) is 9.38. The number of carbonyl (C=O) groups excluding carboxylic acids is 1. The summed E-state index contributed by atoms with van der Waals surface area (Å²) in [6.07, 6.45) is 10.5. The molecular formula is C20H19N7O2. The van der Waals surface area contributed by atoms with E-state index in [4.69, 9.17) is 4.74 Å². The van der Waals surface area contributed by atoms with Crippen molar-refractivity contribution < 1.29 is 9.53 Å². The molecule has 0 aromatic carbocycles. The zero-order chi connectivity index (χ0) is 19.6. The summed E-state index contributed by atoms with van der Waals surface area (Å²) in [6.45, 7) is 2.62. The molecular weight excluding hydrogens is 370 g/mol. The highest BCUT2D eigenvalue weighted by Gasteiger charge is 2.23. The van der Waals surface area contributed by atoms with Gasteiger partial charge in [0.15, 0.2) is 5.82 Å². The van der Waals surface area contributed by atoms with Crippen molar-refractivity contribution >= 4 is 28.5 Å². The van der Waals surface area contributed by atoms with Gasteiger partial charge in [-0.1, -0.05) is 6.07 Å². The minimum absolute atomic E-state index is 0.165. The number of imidazole rings is 1. The standard InChI is InChI=1S/C20H19N7O2/c28-17-11-15-18(29-10-6-22-15)12-14(17)24-19-16-3-1-2-7-27(16)25-20(19)23-5-9-26-8-4-21-13-26/h1-4,7-8,11-13,22H,5-6,9-10H2,(H,23,25). The lowest BCUT2D eigenvalue weighted by molar-refractivity contribution is -0.109. The number of ketones is 1. The molecule has 2 aliphatic rings. The first-order chi connectivity index (χ1) is 14.3. The van der Waals surface area contributed by atoms with Crippen molar-refractivity contribution in [2.75, 3.05) is 25.0 Å². The number of rotatable bonds is 5. The summed E-state index contributed by atoms with van der Waals surface area (Å²) in [5.41, 5.74) is 2.47. The van der Waals surface area contributed by atoms with E-state index in [1.807, 2.05) is 35.2 Å². The van der Waals surface area contributed by atoms with Crippen LogP contribution in [0.4, 0.5) is 11.5 Å². The average Bonchev–Trinajstić information content (AvgIpc) is 3.37. The van der Waals surface area contributed by atoms with Gasteiger partial charge < -0.3 is 19.9 Å². The normalized spacial score (nSPS) is 17.4. The van der Waals surface area contributed by atoms with Crippen molar-refractivity contribution in [3.8, 4) is 0 Å². The molecule has 0 saturated carbocycles. The van der Waals surface area contributed by atoms with E-state index in [0.29, 0.717) is 48.4 Å². The number of aromatic nitrogens is 4. The van der Waals surface area contributed by atoms with Gasteiger partial charge in [-0.15, -0.1) is 5.10 Å². The van der Waals surface area contributed by atoms with E-state index >= 15 is 0 Å². The molecule has 29 heavy (non-hydrogen) atoms. The van der Waals surface area contributed by atoms with Crippen molar-refractivity contribution in [2.45, 2.75) is 6.54 Å². The van der Waals surface area contributed by atoms with Crippen LogP contribution in [0.3, 0.4) is 0 Å². The van der Waals surface area contributed by atoms with Crippen molar-refractivity contribution in [3.05, 3.63) is 66.7 Å². The Kier molecular flexibility index (Phi) is 4.32. The lowest BCUT2D eigenvalue weighted by Crippen LogP contribution is -2.31. The van der Waals surface area contributed by atoms with Crippen LogP contribution >= 0.6 is 0 Å².